The molecule has 2 heteroatoms. The van der Waals surface area contributed by atoms with Gasteiger partial charge in [0, 0.05) is 5.54 Å². The van der Waals surface area contributed by atoms with E-state index in [4.69, 9.17) is 5.26 Å². The summed E-state index contributed by atoms with van der Waals surface area (Å²) in [4.78, 5) is 0. The zero-order chi connectivity index (χ0) is 10.6. The second kappa shape index (κ2) is 4.26. The van der Waals surface area contributed by atoms with Crippen LogP contribution in [0.5, 0.6) is 0 Å². The van der Waals surface area contributed by atoms with Crippen molar-refractivity contribution in [2.45, 2.75) is 25.8 Å². The summed E-state index contributed by atoms with van der Waals surface area (Å²) < 4.78 is 0. The van der Waals surface area contributed by atoms with Crippen molar-refractivity contribution >= 4 is 0 Å². The van der Waals surface area contributed by atoms with E-state index in [2.05, 4.69) is 31.3 Å². The Morgan fingerprint density at radius 1 is 1.43 bits per heavy atom. The minimum absolute atomic E-state index is 0.0775. The van der Waals surface area contributed by atoms with Crippen LogP contribution in [0.1, 0.15) is 25.0 Å². The van der Waals surface area contributed by atoms with Gasteiger partial charge in [0.2, 0.25) is 0 Å². The average molecular weight is 188 g/mol. The third kappa shape index (κ3) is 2.86. The molecule has 0 atom stereocenters. The van der Waals surface area contributed by atoms with E-state index >= 15 is 0 Å². The predicted molar refractivity (Wildman–Crippen MR) is 58.0 cm³/mol. The van der Waals surface area contributed by atoms with Crippen LogP contribution in [0.2, 0.25) is 0 Å². The first kappa shape index (κ1) is 10.7. The topological polar surface area (TPSA) is 35.8 Å². The first-order valence-electron chi connectivity index (χ1n) is 4.75. The Morgan fingerprint density at radius 3 is 2.71 bits per heavy atom. The van der Waals surface area contributed by atoms with Gasteiger partial charge in [0.25, 0.3) is 0 Å². The summed E-state index contributed by atoms with van der Waals surface area (Å²) in [7, 11) is 1.95. The van der Waals surface area contributed by atoms with Gasteiger partial charge in [0.1, 0.15) is 0 Å². The average Bonchev–Trinajstić information content (AvgIpc) is 2.17. The highest BCUT2D eigenvalue weighted by Gasteiger charge is 2.15. The zero-order valence-electron chi connectivity index (χ0n) is 8.96. The normalized spacial score (nSPS) is 11.0. The highest BCUT2D eigenvalue weighted by Crippen LogP contribution is 2.13. The van der Waals surface area contributed by atoms with E-state index < -0.39 is 0 Å². The van der Waals surface area contributed by atoms with Gasteiger partial charge in [-0.25, -0.2) is 0 Å². The van der Waals surface area contributed by atoms with Gasteiger partial charge in [-0.05, 0) is 45.0 Å². The van der Waals surface area contributed by atoms with E-state index in [-0.39, 0.29) is 5.54 Å². The van der Waals surface area contributed by atoms with E-state index in [9.17, 15) is 0 Å². The molecule has 0 amide bonds. The highest BCUT2D eigenvalue weighted by atomic mass is 14.9. The number of nitriles is 1. The number of nitrogens with one attached hydrogen (secondary N) is 1. The molecule has 1 rings (SSSR count). The van der Waals surface area contributed by atoms with Gasteiger partial charge >= 0.3 is 0 Å². The van der Waals surface area contributed by atoms with Crippen molar-refractivity contribution < 1.29 is 0 Å². The molecule has 0 fully saturated rings. The molecule has 14 heavy (non-hydrogen) atoms. The maximum absolute atomic E-state index is 8.75. The molecular weight excluding hydrogens is 172 g/mol. The van der Waals surface area contributed by atoms with Crippen molar-refractivity contribution in [3.05, 3.63) is 35.4 Å². The minimum atomic E-state index is 0.0775. The van der Waals surface area contributed by atoms with Gasteiger partial charge in [-0.2, -0.15) is 5.26 Å². The molecule has 0 saturated heterocycles. The maximum Gasteiger partial charge on any atom is 0.0991 e. The second-order valence-corrected chi connectivity index (χ2v) is 4.12. The lowest BCUT2D eigenvalue weighted by molar-refractivity contribution is 0.422. The van der Waals surface area contributed by atoms with E-state index in [0.29, 0.717) is 0 Å². The Balaban J connectivity index is 2.83. The Labute approximate surface area is 85.6 Å². The van der Waals surface area contributed by atoms with Crippen LogP contribution in [0, 0.1) is 11.3 Å². The molecule has 0 aliphatic carbocycles. The van der Waals surface area contributed by atoms with Crippen molar-refractivity contribution in [3.63, 3.8) is 0 Å². The first-order valence-corrected chi connectivity index (χ1v) is 4.75. The predicted octanol–water partition coefficient (Wildman–Crippen LogP) is 2.10. The molecule has 1 aromatic carbocycles. The van der Waals surface area contributed by atoms with Crippen LogP contribution in [0.4, 0.5) is 0 Å². The van der Waals surface area contributed by atoms with Crippen molar-refractivity contribution in [3.8, 4) is 6.07 Å². The van der Waals surface area contributed by atoms with Crippen molar-refractivity contribution in [2.24, 2.45) is 0 Å². The van der Waals surface area contributed by atoms with Crippen LogP contribution in [-0.4, -0.2) is 12.6 Å². The van der Waals surface area contributed by atoms with Gasteiger partial charge in [0.15, 0.2) is 0 Å². The molecule has 2 nitrogen and oxygen atoms in total. The number of hydrogen-bond donors (Lipinski definition) is 1. The molecule has 0 aromatic heterocycles. The van der Waals surface area contributed by atoms with Crippen molar-refractivity contribution in [1.29, 1.82) is 5.26 Å². The van der Waals surface area contributed by atoms with Crippen LogP contribution >= 0.6 is 0 Å². The summed E-state index contributed by atoms with van der Waals surface area (Å²) in [5.74, 6) is 0. The molecule has 1 N–H and O–H groups in total. The molecule has 1 aromatic rings. The Kier molecular flexibility index (Phi) is 3.27. The van der Waals surface area contributed by atoms with Crippen LogP contribution in [0.25, 0.3) is 0 Å². The number of nitrogens with zero attached hydrogens (tertiary/aromatic N) is 1. The van der Waals surface area contributed by atoms with Gasteiger partial charge in [-0.1, -0.05) is 12.1 Å². The Bertz CT molecular complexity index is 348. The largest absolute Gasteiger partial charge is 0.314 e. The summed E-state index contributed by atoms with van der Waals surface area (Å²) in [6, 6.07) is 9.91. The fourth-order valence-electron chi connectivity index (χ4n) is 1.35. The lowest BCUT2D eigenvalue weighted by Crippen LogP contribution is -2.38. The summed E-state index contributed by atoms with van der Waals surface area (Å²) in [5, 5.41) is 12.0. The Morgan fingerprint density at radius 2 is 2.14 bits per heavy atom. The third-order valence-corrected chi connectivity index (χ3v) is 2.38. The molecule has 0 unspecified atom stereocenters. The molecule has 0 radical (unpaired) electrons. The molecule has 0 spiro atoms. The third-order valence-electron chi connectivity index (χ3n) is 2.38. The van der Waals surface area contributed by atoms with Crippen LogP contribution in [0.15, 0.2) is 24.3 Å². The lowest BCUT2D eigenvalue weighted by atomic mass is 9.94. The number of rotatable bonds is 3. The van der Waals surface area contributed by atoms with Crippen molar-refractivity contribution in [2.75, 3.05) is 7.05 Å². The molecule has 0 aliphatic rings. The maximum atomic E-state index is 8.75. The molecule has 0 bridgehead atoms. The highest BCUT2D eigenvalue weighted by molar-refractivity contribution is 5.33. The van der Waals surface area contributed by atoms with Crippen molar-refractivity contribution in [1.82, 2.24) is 5.32 Å². The number of hydrogen-bond acceptors (Lipinski definition) is 2. The fourth-order valence-corrected chi connectivity index (χ4v) is 1.35. The number of likely N-dealkylation sites (N-methyl/N-ethyl adjacent to an activating group) is 1. The van der Waals surface area contributed by atoms with Gasteiger partial charge in [-0.3, -0.25) is 0 Å². The standard InChI is InChI=1S/C12H16N2/c1-12(2,14-3)8-10-5-4-6-11(7-10)9-13/h4-7,14H,8H2,1-3H3. The van der Waals surface area contributed by atoms with E-state index in [0.717, 1.165) is 12.0 Å². The summed E-state index contributed by atoms with van der Waals surface area (Å²) in [6.45, 7) is 4.29. The Hall–Kier alpha value is -1.33. The van der Waals surface area contributed by atoms with E-state index in [1.165, 1.54) is 5.56 Å². The summed E-state index contributed by atoms with van der Waals surface area (Å²) in [5.41, 5.74) is 2.01. The fraction of sp³-hybridized carbons (Fsp3) is 0.417. The smallest absolute Gasteiger partial charge is 0.0991 e. The van der Waals surface area contributed by atoms with Crippen LogP contribution in [0.3, 0.4) is 0 Å². The SMILES string of the molecule is CNC(C)(C)Cc1cccc(C#N)c1. The quantitative estimate of drug-likeness (QED) is 0.788. The molecule has 0 saturated carbocycles. The van der Waals surface area contributed by atoms with Gasteiger partial charge in [-0.15, -0.1) is 0 Å². The molecular formula is C12H16N2. The van der Waals surface area contributed by atoms with Gasteiger partial charge in [0.05, 0.1) is 11.6 Å². The van der Waals surface area contributed by atoms with Crippen LogP contribution < -0.4 is 5.32 Å². The summed E-state index contributed by atoms with van der Waals surface area (Å²) >= 11 is 0. The lowest BCUT2D eigenvalue weighted by Gasteiger charge is -2.23. The molecule has 0 heterocycles. The van der Waals surface area contributed by atoms with E-state index in [1.807, 2.05) is 25.2 Å². The van der Waals surface area contributed by atoms with Gasteiger partial charge < -0.3 is 5.32 Å². The van der Waals surface area contributed by atoms with Crippen LogP contribution in [-0.2, 0) is 6.42 Å². The second-order valence-electron chi connectivity index (χ2n) is 4.12. The zero-order valence-corrected chi connectivity index (χ0v) is 8.96. The van der Waals surface area contributed by atoms with E-state index in [1.54, 1.807) is 0 Å². The molecule has 0 aliphatic heterocycles. The first-order chi connectivity index (χ1) is 6.57. The summed E-state index contributed by atoms with van der Waals surface area (Å²) in [6.07, 6.45) is 0.930. The number of benzene rings is 1. The monoisotopic (exact) mass is 188 g/mol. The minimum Gasteiger partial charge on any atom is -0.314 e. The molecule has 74 valence electrons.